The van der Waals surface area contributed by atoms with Gasteiger partial charge in [-0.2, -0.15) is 0 Å². The number of nitrogens with one attached hydrogen (secondary N) is 1. The maximum Gasteiger partial charge on any atom is 0.335 e. The molecule has 1 fully saturated rings. The first-order chi connectivity index (χ1) is 15.8. The van der Waals surface area contributed by atoms with Crippen molar-refractivity contribution in [1.82, 2.24) is 5.32 Å². The highest BCUT2D eigenvalue weighted by Crippen LogP contribution is 2.25. The molecule has 1 N–H and O–H groups in total. The first kappa shape index (κ1) is 22.0. The van der Waals surface area contributed by atoms with Crippen molar-refractivity contribution in [2.24, 2.45) is 0 Å². The van der Waals surface area contributed by atoms with Gasteiger partial charge in [0.1, 0.15) is 23.7 Å². The van der Waals surface area contributed by atoms with Crippen LogP contribution in [0.1, 0.15) is 22.3 Å². The first-order valence-corrected chi connectivity index (χ1v) is 10.3. The molecule has 3 aromatic rings. The van der Waals surface area contributed by atoms with E-state index < -0.39 is 17.8 Å². The van der Waals surface area contributed by atoms with Crippen LogP contribution in [0.25, 0.3) is 6.08 Å². The summed E-state index contributed by atoms with van der Waals surface area (Å²) in [6.07, 6.45) is 1.43. The molecule has 4 rings (SSSR count). The van der Waals surface area contributed by atoms with E-state index in [9.17, 15) is 18.8 Å². The summed E-state index contributed by atoms with van der Waals surface area (Å²) in [4.78, 5) is 38.8. The van der Waals surface area contributed by atoms with Gasteiger partial charge in [-0.1, -0.05) is 30.3 Å². The molecule has 33 heavy (non-hydrogen) atoms. The Balaban J connectivity index is 1.53. The summed E-state index contributed by atoms with van der Waals surface area (Å²) >= 11 is 0. The molecule has 1 heterocycles. The molecule has 0 radical (unpaired) electrons. The van der Waals surface area contributed by atoms with Gasteiger partial charge in [0.15, 0.2) is 0 Å². The van der Waals surface area contributed by atoms with Gasteiger partial charge in [-0.25, -0.2) is 14.1 Å². The minimum atomic E-state index is -0.781. The van der Waals surface area contributed by atoms with Gasteiger partial charge in [0.05, 0.1) is 5.69 Å². The largest absolute Gasteiger partial charge is 0.489 e. The van der Waals surface area contributed by atoms with Gasteiger partial charge < -0.3 is 4.74 Å². The van der Waals surface area contributed by atoms with Crippen molar-refractivity contribution in [3.05, 3.63) is 100 Å². The van der Waals surface area contributed by atoms with Crippen LogP contribution in [0.5, 0.6) is 5.75 Å². The van der Waals surface area contributed by atoms with Crippen molar-refractivity contribution in [1.29, 1.82) is 0 Å². The van der Waals surface area contributed by atoms with Gasteiger partial charge in [0, 0.05) is 0 Å². The lowest BCUT2D eigenvalue weighted by molar-refractivity contribution is -0.122. The number of benzene rings is 3. The van der Waals surface area contributed by atoms with Crippen molar-refractivity contribution < 1.29 is 23.5 Å². The third-order valence-corrected chi connectivity index (χ3v) is 5.08. The van der Waals surface area contributed by atoms with Crippen LogP contribution in [0.15, 0.2) is 72.3 Å². The Bertz CT molecular complexity index is 1240. The van der Waals surface area contributed by atoms with Crippen molar-refractivity contribution in [3.63, 3.8) is 0 Å². The van der Waals surface area contributed by atoms with Crippen LogP contribution in [-0.4, -0.2) is 17.8 Å². The second-order valence-electron chi connectivity index (χ2n) is 7.79. The Morgan fingerprint density at radius 1 is 0.909 bits per heavy atom. The fourth-order valence-electron chi connectivity index (χ4n) is 3.55. The van der Waals surface area contributed by atoms with Crippen LogP contribution in [0.3, 0.4) is 0 Å². The molecule has 1 saturated heterocycles. The first-order valence-electron chi connectivity index (χ1n) is 10.3. The van der Waals surface area contributed by atoms with E-state index in [4.69, 9.17) is 4.74 Å². The number of nitrogens with zero attached hydrogens (tertiary/aromatic N) is 1. The van der Waals surface area contributed by atoms with E-state index in [1.807, 2.05) is 19.9 Å². The fourth-order valence-corrected chi connectivity index (χ4v) is 3.55. The maximum absolute atomic E-state index is 13.0. The molecule has 0 saturated carbocycles. The number of halogens is 1. The number of ether oxygens (including phenoxy) is 1. The molecule has 4 amide bonds. The standard InChI is InChI=1S/C26H21FN2O4/c1-16-11-17(2)13-21(12-16)29-25(31)23(24(30)28-26(29)32)14-18-5-9-22(10-6-18)33-15-19-3-7-20(27)8-4-19/h3-14H,15H2,1-2H3,(H,28,30,32)/b23-14+. The summed E-state index contributed by atoms with van der Waals surface area (Å²) in [5.74, 6) is -1.17. The van der Waals surface area contributed by atoms with Gasteiger partial charge >= 0.3 is 6.03 Å². The summed E-state index contributed by atoms with van der Waals surface area (Å²) < 4.78 is 18.7. The number of barbiturate groups is 1. The van der Waals surface area contributed by atoms with Crippen molar-refractivity contribution in [2.75, 3.05) is 4.90 Å². The molecule has 0 unspecified atom stereocenters. The zero-order valence-electron chi connectivity index (χ0n) is 18.1. The number of rotatable bonds is 5. The number of imide groups is 2. The van der Waals surface area contributed by atoms with E-state index >= 15 is 0 Å². The van der Waals surface area contributed by atoms with E-state index in [1.54, 1.807) is 48.5 Å². The van der Waals surface area contributed by atoms with Crippen LogP contribution in [0.2, 0.25) is 0 Å². The quantitative estimate of drug-likeness (QED) is 0.458. The number of aryl methyl sites for hydroxylation is 2. The van der Waals surface area contributed by atoms with E-state index in [0.29, 0.717) is 17.0 Å². The summed E-state index contributed by atoms with van der Waals surface area (Å²) in [5, 5.41) is 2.23. The van der Waals surface area contributed by atoms with Gasteiger partial charge in [-0.15, -0.1) is 0 Å². The van der Waals surface area contributed by atoms with Gasteiger partial charge in [0.25, 0.3) is 11.8 Å². The molecule has 0 aromatic heterocycles. The Morgan fingerprint density at radius 2 is 1.55 bits per heavy atom. The number of hydrogen-bond donors (Lipinski definition) is 1. The Hall–Kier alpha value is -4.26. The van der Waals surface area contributed by atoms with Gasteiger partial charge in [0.2, 0.25) is 0 Å². The average molecular weight is 444 g/mol. The predicted molar refractivity (Wildman–Crippen MR) is 122 cm³/mol. The lowest BCUT2D eigenvalue weighted by Crippen LogP contribution is -2.54. The summed E-state index contributed by atoms with van der Waals surface area (Å²) in [5.41, 5.74) is 3.46. The van der Waals surface area contributed by atoms with Crippen LogP contribution >= 0.6 is 0 Å². The average Bonchev–Trinajstić information content (AvgIpc) is 2.76. The highest BCUT2D eigenvalue weighted by molar-refractivity contribution is 6.39. The number of anilines is 1. The SMILES string of the molecule is Cc1cc(C)cc(N2C(=O)NC(=O)/C(=C\c3ccc(OCc4ccc(F)cc4)cc3)C2=O)c1. The Labute approximate surface area is 190 Å². The molecule has 166 valence electrons. The van der Waals surface area contributed by atoms with Crippen molar-refractivity contribution >= 4 is 29.6 Å². The van der Waals surface area contributed by atoms with E-state index in [1.165, 1.54) is 18.2 Å². The zero-order chi connectivity index (χ0) is 23.5. The molecule has 0 aliphatic carbocycles. The van der Waals surface area contributed by atoms with Crippen molar-refractivity contribution in [3.8, 4) is 5.75 Å². The minimum absolute atomic E-state index is 0.145. The number of hydrogen-bond acceptors (Lipinski definition) is 4. The molecule has 3 aromatic carbocycles. The minimum Gasteiger partial charge on any atom is -0.489 e. The zero-order valence-corrected chi connectivity index (χ0v) is 18.1. The molecular weight excluding hydrogens is 423 g/mol. The summed E-state index contributed by atoms with van der Waals surface area (Å²) in [6.45, 7) is 4.00. The van der Waals surface area contributed by atoms with E-state index in [-0.39, 0.29) is 18.0 Å². The number of amides is 4. The second kappa shape index (κ2) is 9.08. The topological polar surface area (TPSA) is 75.7 Å². The molecule has 1 aliphatic heterocycles. The predicted octanol–water partition coefficient (Wildman–Crippen LogP) is 4.69. The second-order valence-corrected chi connectivity index (χ2v) is 7.79. The number of carbonyl (C=O) groups is 3. The molecule has 0 spiro atoms. The van der Waals surface area contributed by atoms with Gasteiger partial charge in [-0.05, 0) is 78.6 Å². The maximum atomic E-state index is 13.0. The van der Waals surface area contributed by atoms with E-state index in [0.717, 1.165) is 21.6 Å². The lowest BCUT2D eigenvalue weighted by atomic mass is 10.1. The van der Waals surface area contributed by atoms with Gasteiger partial charge in [-0.3, -0.25) is 14.9 Å². The molecule has 0 bridgehead atoms. The number of carbonyl (C=O) groups excluding carboxylic acids is 3. The van der Waals surface area contributed by atoms with Crippen LogP contribution in [0.4, 0.5) is 14.9 Å². The number of urea groups is 1. The van der Waals surface area contributed by atoms with Crippen LogP contribution in [-0.2, 0) is 16.2 Å². The Kier molecular flexibility index (Phi) is 6.04. The summed E-state index contributed by atoms with van der Waals surface area (Å²) in [7, 11) is 0. The van der Waals surface area contributed by atoms with E-state index in [2.05, 4.69) is 5.32 Å². The smallest absolute Gasteiger partial charge is 0.335 e. The molecule has 6 nitrogen and oxygen atoms in total. The molecular formula is C26H21FN2O4. The van der Waals surface area contributed by atoms with Crippen molar-refractivity contribution in [2.45, 2.75) is 20.5 Å². The summed E-state index contributed by atoms with van der Waals surface area (Å²) in [6, 6.07) is 17.4. The van der Waals surface area contributed by atoms with Crippen LogP contribution < -0.4 is 15.0 Å². The van der Waals surface area contributed by atoms with Crippen LogP contribution in [0, 0.1) is 19.7 Å². The Morgan fingerprint density at radius 3 is 2.18 bits per heavy atom. The third kappa shape index (κ3) is 4.98. The molecule has 0 atom stereocenters. The molecule has 7 heteroatoms. The highest BCUT2D eigenvalue weighted by atomic mass is 19.1. The highest BCUT2D eigenvalue weighted by Gasteiger charge is 2.36. The lowest BCUT2D eigenvalue weighted by Gasteiger charge is -2.27. The third-order valence-electron chi connectivity index (χ3n) is 5.08. The normalized spacial score (nSPS) is 15.1. The molecule has 1 aliphatic rings. The fraction of sp³-hybridized carbons (Fsp3) is 0.115. The monoisotopic (exact) mass is 444 g/mol.